The zero-order valence-electron chi connectivity index (χ0n) is 14.3. The molecule has 0 saturated heterocycles. The summed E-state index contributed by atoms with van der Waals surface area (Å²) in [5, 5.41) is 13.2. The van der Waals surface area contributed by atoms with Crippen molar-refractivity contribution in [3.05, 3.63) is 51.5 Å². The van der Waals surface area contributed by atoms with Crippen LogP contribution in [0.4, 0.5) is 5.69 Å². The van der Waals surface area contributed by atoms with Crippen molar-refractivity contribution in [2.24, 2.45) is 0 Å². The Hall–Kier alpha value is -2.44. The number of esters is 1. The third-order valence-corrected chi connectivity index (χ3v) is 4.21. The van der Waals surface area contributed by atoms with E-state index in [4.69, 9.17) is 32.7 Å². The summed E-state index contributed by atoms with van der Waals surface area (Å²) in [5.74, 6) is -1.36. The van der Waals surface area contributed by atoms with E-state index in [0.29, 0.717) is 16.5 Å². The Labute approximate surface area is 160 Å². The van der Waals surface area contributed by atoms with Crippen LogP contribution in [-0.4, -0.2) is 30.2 Å². The smallest absolute Gasteiger partial charge is 0.342 e. The molecule has 0 fully saturated rings. The van der Waals surface area contributed by atoms with Gasteiger partial charge in [0.05, 0.1) is 12.8 Å². The second kappa shape index (κ2) is 8.29. The summed E-state index contributed by atoms with van der Waals surface area (Å²) in [5.41, 5.74) is 1.06. The fourth-order valence-corrected chi connectivity index (χ4v) is 2.44. The minimum Gasteiger partial charge on any atom is -0.507 e. The SMILES string of the molecule is COc1cc(Cl)c(C)cc1NC(=O)[C@H](C)OC(=O)c1ccc(Cl)cc1O. The number of carbonyl (C=O) groups is 2. The Balaban J connectivity index is 2.10. The van der Waals surface area contributed by atoms with Crippen LogP contribution < -0.4 is 10.1 Å². The zero-order valence-corrected chi connectivity index (χ0v) is 15.8. The number of aromatic hydroxyl groups is 1. The maximum absolute atomic E-state index is 12.3. The standard InChI is InChI=1S/C18H17Cl2NO5/c1-9-6-14(16(25-3)8-13(9)20)21-17(23)10(2)26-18(24)12-5-4-11(19)7-15(12)22/h4-8,10,22H,1-3H3,(H,21,23)/t10-/m0/s1. The van der Waals surface area contributed by atoms with Gasteiger partial charge in [-0.2, -0.15) is 0 Å². The fraction of sp³-hybridized carbons (Fsp3) is 0.222. The van der Waals surface area contributed by atoms with Crippen molar-refractivity contribution in [3.63, 3.8) is 0 Å². The molecule has 0 radical (unpaired) electrons. The summed E-state index contributed by atoms with van der Waals surface area (Å²) in [6, 6.07) is 7.19. The first-order chi connectivity index (χ1) is 12.2. The first kappa shape index (κ1) is 19.9. The summed E-state index contributed by atoms with van der Waals surface area (Å²) < 4.78 is 10.3. The van der Waals surface area contributed by atoms with E-state index in [1.165, 1.54) is 32.2 Å². The van der Waals surface area contributed by atoms with Gasteiger partial charge in [0, 0.05) is 16.1 Å². The Bertz CT molecular complexity index is 854. The quantitative estimate of drug-likeness (QED) is 0.738. The van der Waals surface area contributed by atoms with E-state index in [0.717, 1.165) is 5.56 Å². The van der Waals surface area contributed by atoms with E-state index in [1.54, 1.807) is 19.1 Å². The van der Waals surface area contributed by atoms with Crippen LogP contribution in [-0.2, 0) is 9.53 Å². The van der Waals surface area contributed by atoms with Gasteiger partial charge >= 0.3 is 5.97 Å². The molecule has 1 atom stereocenters. The molecule has 138 valence electrons. The number of hydrogen-bond donors (Lipinski definition) is 2. The number of hydrogen-bond acceptors (Lipinski definition) is 5. The summed E-state index contributed by atoms with van der Waals surface area (Å²) in [7, 11) is 1.45. The molecule has 2 N–H and O–H groups in total. The monoisotopic (exact) mass is 397 g/mol. The van der Waals surface area contributed by atoms with Crippen LogP contribution in [0.25, 0.3) is 0 Å². The highest BCUT2D eigenvalue weighted by atomic mass is 35.5. The molecular formula is C18H17Cl2NO5. The molecule has 2 rings (SSSR count). The highest BCUT2D eigenvalue weighted by Gasteiger charge is 2.22. The van der Waals surface area contributed by atoms with Crippen LogP contribution in [0.1, 0.15) is 22.8 Å². The minimum atomic E-state index is -1.11. The Kier molecular flexibility index (Phi) is 6.34. The molecule has 1 amide bonds. The van der Waals surface area contributed by atoms with Crippen LogP contribution in [0.15, 0.2) is 30.3 Å². The van der Waals surface area contributed by atoms with Crippen molar-refractivity contribution in [1.29, 1.82) is 0 Å². The average Bonchev–Trinajstić information content (AvgIpc) is 2.57. The number of ether oxygens (including phenoxy) is 2. The second-order valence-electron chi connectivity index (χ2n) is 5.50. The lowest BCUT2D eigenvalue weighted by molar-refractivity contribution is -0.123. The number of carbonyl (C=O) groups excluding carboxylic acids is 2. The number of methoxy groups -OCH3 is 1. The van der Waals surface area contributed by atoms with Gasteiger partial charge in [-0.3, -0.25) is 4.79 Å². The molecule has 0 unspecified atom stereocenters. The second-order valence-corrected chi connectivity index (χ2v) is 6.34. The lowest BCUT2D eigenvalue weighted by atomic mass is 10.2. The number of halogens is 2. The number of benzene rings is 2. The van der Waals surface area contributed by atoms with Crippen molar-refractivity contribution in [3.8, 4) is 11.5 Å². The summed E-state index contributed by atoms with van der Waals surface area (Å²) in [6.45, 7) is 3.19. The fourth-order valence-electron chi connectivity index (χ4n) is 2.12. The predicted octanol–water partition coefficient (Wildman–Crippen LogP) is 4.20. The maximum atomic E-state index is 12.3. The molecule has 0 heterocycles. The molecule has 6 nitrogen and oxygen atoms in total. The number of phenolic OH excluding ortho intramolecular Hbond substituents is 1. The third-order valence-electron chi connectivity index (χ3n) is 3.57. The van der Waals surface area contributed by atoms with Gasteiger partial charge in [0.25, 0.3) is 5.91 Å². The topological polar surface area (TPSA) is 84.9 Å². The number of amides is 1. The van der Waals surface area contributed by atoms with Crippen molar-refractivity contribution in [2.75, 3.05) is 12.4 Å². The van der Waals surface area contributed by atoms with Gasteiger partial charge < -0.3 is 19.9 Å². The van der Waals surface area contributed by atoms with Crippen LogP contribution in [0, 0.1) is 6.92 Å². The highest BCUT2D eigenvalue weighted by Crippen LogP contribution is 2.31. The van der Waals surface area contributed by atoms with Crippen molar-refractivity contribution < 1.29 is 24.2 Å². The molecule has 2 aromatic rings. The predicted molar refractivity (Wildman–Crippen MR) is 99.4 cm³/mol. The third kappa shape index (κ3) is 4.59. The van der Waals surface area contributed by atoms with E-state index in [-0.39, 0.29) is 16.3 Å². The van der Waals surface area contributed by atoms with Gasteiger partial charge in [0.2, 0.25) is 0 Å². The average molecular weight is 398 g/mol. The molecule has 2 aromatic carbocycles. The van der Waals surface area contributed by atoms with E-state index in [9.17, 15) is 14.7 Å². The lowest BCUT2D eigenvalue weighted by Crippen LogP contribution is -2.30. The lowest BCUT2D eigenvalue weighted by Gasteiger charge is -2.16. The molecular weight excluding hydrogens is 381 g/mol. The van der Waals surface area contributed by atoms with Crippen molar-refractivity contribution in [2.45, 2.75) is 20.0 Å². The van der Waals surface area contributed by atoms with Gasteiger partial charge in [0.1, 0.15) is 17.1 Å². The molecule has 0 spiro atoms. The molecule has 0 aliphatic heterocycles. The van der Waals surface area contributed by atoms with E-state index >= 15 is 0 Å². The van der Waals surface area contributed by atoms with Crippen LogP contribution in [0.3, 0.4) is 0 Å². The number of anilines is 1. The maximum Gasteiger partial charge on any atom is 0.342 e. The number of aryl methyl sites for hydroxylation is 1. The summed E-state index contributed by atoms with van der Waals surface area (Å²) in [4.78, 5) is 24.4. The Morgan fingerprint density at radius 2 is 1.88 bits per heavy atom. The molecule has 0 aliphatic rings. The number of rotatable bonds is 5. The first-order valence-corrected chi connectivity index (χ1v) is 8.33. The molecule has 0 bridgehead atoms. The van der Waals surface area contributed by atoms with Gasteiger partial charge in [-0.1, -0.05) is 23.2 Å². The van der Waals surface area contributed by atoms with Crippen LogP contribution in [0.5, 0.6) is 11.5 Å². The first-order valence-electron chi connectivity index (χ1n) is 7.57. The van der Waals surface area contributed by atoms with E-state index in [2.05, 4.69) is 5.32 Å². The van der Waals surface area contributed by atoms with Crippen molar-refractivity contribution in [1.82, 2.24) is 0 Å². The Morgan fingerprint density at radius 3 is 2.50 bits per heavy atom. The van der Waals surface area contributed by atoms with E-state index < -0.39 is 18.0 Å². The minimum absolute atomic E-state index is 0.0889. The molecule has 0 aliphatic carbocycles. The Morgan fingerprint density at radius 1 is 1.19 bits per heavy atom. The molecule has 8 heteroatoms. The van der Waals surface area contributed by atoms with Crippen molar-refractivity contribution >= 4 is 40.8 Å². The van der Waals surface area contributed by atoms with Crippen LogP contribution >= 0.6 is 23.2 Å². The molecule has 26 heavy (non-hydrogen) atoms. The zero-order chi connectivity index (χ0) is 19.4. The van der Waals surface area contributed by atoms with Gasteiger partial charge in [-0.15, -0.1) is 0 Å². The summed E-state index contributed by atoms with van der Waals surface area (Å²) >= 11 is 11.8. The molecule has 0 saturated carbocycles. The normalized spacial score (nSPS) is 11.6. The van der Waals surface area contributed by atoms with Gasteiger partial charge in [-0.05, 0) is 43.7 Å². The highest BCUT2D eigenvalue weighted by molar-refractivity contribution is 6.31. The molecule has 0 aromatic heterocycles. The van der Waals surface area contributed by atoms with Gasteiger partial charge in [-0.25, -0.2) is 4.79 Å². The number of phenols is 1. The van der Waals surface area contributed by atoms with E-state index in [1.807, 2.05) is 0 Å². The summed E-state index contributed by atoms with van der Waals surface area (Å²) in [6.07, 6.45) is -1.11. The van der Waals surface area contributed by atoms with Gasteiger partial charge in [0.15, 0.2) is 6.10 Å². The number of nitrogens with one attached hydrogen (secondary N) is 1. The van der Waals surface area contributed by atoms with Crippen LogP contribution in [0.2, 0.25) is 10.0 Å². The largest absolute Gasteiger partial charge is 0.507 e.